The van der Waals surface area contributed by atoms with E-state index in [1.807, 2.05) is 0 Å². The Kier molecular flexibility index (Phi) is 2.93. The van der Waals surface area contributed by atoms with Crippen molar-refractivity contribution in [1.82, 2.24) is 5.32 Å². The van der Waals surface area contributed by atoms with Crippen LogP contribution in [0, 0.1) is 5.92 Å². The molecule has 3 rings (SSSR count). The predicted octanol–water partition coefficient (Wildman–Crippen LogP) is 2.69. The maximum Gasteiger partial charge on any atom is 0.0799 e. The summed E-state index contributed by atoms with van der Waals surface area (Å²) < 4.78 is 6.03. The zero-order chi connectivity index (χ0) is 11.7. The Morgan fingerprint density at radius 2 is 2.06 bits per heavy atom. The summed E-state index contributed by atoms with van der Waals surface area (Å²) in [5, 5.41) is 3.76. The molecule has 2 nitrogen and oxygen atoms in total. The third kappa shape index (κ3) is 1.90. The number of rotatable bonds is 1. The van der Waals surface area contributed by atoms with E-state index in [2.05, 4.69) is 42.6 Å². The van der Waals surface area contributed by atoms with Crippen molar-refractivity contribution < 1.29 is 4.74 Å². The van der Waals surface area contributed by atoms with Crippen LogP contribution < -0.4 is 5.32 Å². The fraction of sp³-hybridized carbons (Fsp3) is 0.600. The number of hydrogen-bond acceptors (Lipinski definition) is 2. The second-order valence-electron chi connectivity index (χ2n) is 5.51. The number of ether oxygens (including phenoxy) is 1. The molecule has 1 aromatic carbocycles. The lowest BCUT2D eigenvalue weighted by molar-refractivity contribution is -0.0853. The summed E-state index contributed by atoms with van der Waals surface area (Å²) in [6.45, 7) is 4.18. The first kappa shape index (κ1) is 11.2. The molecule has 2 aliphatic rings. The standard InChI is InChI=1S/C15H21NO/c1-12-7-8-14-15(11-12,16-9-10-17-14)13-5-3-2-4-6-13/h2-6,12,14,16H,7-11H2,1H3. The van der Waals surface area contributed by atoms with E-state index in [-0.39, 0.29) is 5.54 Å². The van der Waals surface area contributed by atoms with Gasteiger partial charge in [-0.1, -0.05) is 37.3 Å². The molecule has 2 heteroatoms. The molecular formula is C15H21NO. The van der Waals surface area contributed by atoms with Crippen molar-refractivity contribution in [3.63, 3.8) is 0 Å². The van der Waals surface area contributed by atoms with Gasteiger partial charge in [-0.2, -0.15) is 0 Å². The largest absolute Gasteiger partial charge is 0.375 e. The van der Waals surface area contributed by atoms with Crippen LogP contribution in [0.1, 0.15) is 31.7 Å². The number of nitrogens with one attached hydrogen (secondary N) is 1. The molecule has 92 valence electrons. The Balaban J connectivity index is 1.99. The van der Waals surface area contributed by atoms with Gasteiger partial charge in [0.1, 0.15) is 0 Å². The van der Waals surface area contributed by atoms with Gasteiger partial charge in [0.2, 0.25) is 0 Å². The molecule has 1 N–H and O–H groups in total. The molecule has 0 aromatic heterocycles. The SMILES string of the molecule is CC1CCC2OCCNC2(c2ccccc2)C1. The monoisotopic (exact) mass is 231 g/mol. The van der Waals surface area contributed by atoms with E-state index in [1.54, 1.807) is 0 Å². The van der Waals surface area contributed by atoms with E-state index < -0.39 is 0 Å². The van der Waals surface area contributed by atoms with Gasteiger partial charge in [-0.05, 0) is 30.7 Å². The van der Waals surface area contributed by atoms with Crippen molar-refractivity contribution >= 4 is 0 Å². The van der Waals surface area contributed by atoms with Crippen LogP contribution >= 0.6 is 0 Å². The number of hydrogen-bond donors (Lipinski definition) is 1. The number of fused-ring (bicyclic) bond motifs is 1. The van der Waals surface area contributed by atoms with E-state index in [0.29, 0.717) is 6.10 Å². The average molecular weight is 231 g/mol. The first-order valence-corrected chi connectivity index (χ1v) is 6.73. The fourth-order valence-corrected chi connectivity index (χ4v) is 3.49. The number of morpholine rings is 1. The molecule has 3 atom stereocenters. The van der Waals surface area contributed by atoms with Crippen LogP contribution in [0.15, 0.2) is 30.3 Å². The maximum atomic E-state index is 6.03. The smallest absolute Gasteiger partial charge is 0.0799 e. The van der Waals surface area contributed by atoms with Gasteiger partial charge in [-0.25, -0.2) is 0 Å². The zero-order valence-corrected chi connectivity index (χ0v) is 10.5. The summed E-state index contributed by atoms with van der Waals surface area (Å²) >= 11 is 0. The van der Waals surface area contributed by atoms with Gasteiger partial charge in [0.15, 0.2) is 0 Å². The van der Waals surface area contributed by atoms with Crippen LogP contribution in [-0.4, -0.2) is 19.3 Å². The summed E-state index contributed by atoms with van der Waals surface area (Å²) in [5.74, 6) is 0.778. The summed E-state index contributed by atoms with van der Waals surface area (Å²) in [5.41, 5.74) is 1.47. The second-order valence-corrected chi connectivity index (χ2v) is 5.51. The lowest BCUT2D eigenvalue weighted by Gasteiger charge is -2.50. The van der Waals surface area contributed by atoms with Crippen molar-refractivity contribution in [1.29, 1.82) is 0 Å². The average Bonchev–Trinajstić information content (AvgIpc) is 2.39. The Hall–Kier alpha value is -0.860. The minimum absolute atomic E-state index is 0.0666. The van der Waals surface area contributed by atoms with Crippen molar-refractivity contribution in [2.45, 2.75) is 37.8 Å². The molecule has 1 heterocycles. The second kappa shape index (κ2) is 4.43. The van der Waals surface area contributed by atoms with Gasteiger partial charge < -0.3 is 10.1 Å². The minimum atomic E-state index is 0.0666. The van der Waals surface area contributed by atoms with Crippen molar-refractivity contribution in [3.8, 4) is 0 Å². The van der Waals surface area contributed by atoms with Crippen molar-refractivity contribution in [2.24, 2.45) is 5.92 Å². The highest BCUT2D eigenvalue weighted by molar-refractivity contribution is 5.28. The molecule has 0 radical (unpaired) electrons. The summed E-state index contributed by atoms with van der Waals surface area (Å²) in [6.07, 6.45) is 4.03. The van der Waals surface area contributed by atoms with Crippen LogP contribution in [0.5, 0.6) is 0 Å². The van der Waals surface area contributed by atoms with Crippen LogP contribution in [0.4, 0.5) is 0 Å². The van der Waals surface area contributed by atoms with Gasteiger partial charge in [-0.3, -0.25) is 0 Å². The van der Waals surface area contributed by atoms with Crippen LogP contribution in [0.3, 0.4) is 0 Å². The maximum absolute atomic E-state index is 6.03. The van der Waals surface area contributed by atoms with Crippen LogP contribution in [-0.2, 0) is 10.3 Å². The third-order valence-corrected chi connectivity index (χ3v) is 4.29. The van der Waals surface area contributed by atoms with E-state index >= 15 is 0 Å². The first-order chi connectivity index (χ1) is 8.31. The van der Waals surface area contributed by atoms with Gasteiger partial charge in [0.25, 0.3) is 0 Å². The summed E-state index contributed by atoms with van der Waals surface area (Å²) in [6, 6.07) is 10.8. The first-order valence-electron chi connectivity index (χ1n) is 6.73. The lowest BCUT2D eigenvalue weighted by atomic mass is 9.70. The number of benzene rings is 1. The molecule has 0 amide bonds. The molecule has 1 aliphatic heterocycles. The van der Waals surface area contributed by atoms with Gasteiger partial charge in [0, 0.05) is 6.54 Å². The molecule has 2 fully saturated rings. The molecule has 1 saturated carbocycles. The Morgan fingerprint density at radius 1 is 1.24 bits per heavy atom. The van der Waals surface area contributed by atoms with Gasteiger partial charge in [-0.15, -0.1) is 0 Å². The summed E-state index contributed by atoms with van der Waals surface area (Å²) in [4.78, 5) is 0. The topological polar surface area (TPSA) is 21.3 Å². The van der Waals surface area contributed by atoms with Crippen molar-refractivity contribution in [2.75, 3.05) is 13.2 Å². The van der Waals surface area contributed by atoms with E-state index in [0.717, 1.165) is 19.1 Å². The predicted molar refractivity (Wildman–Crippen MR) is 68.9 cm³/mol. The fourth-order valence-electron chi connectivity index (χ4n) is 3.49. The van der Waals surface area contributed by atoms with Crippen LogP contribution in [0.25, 0.3) is 0 Å². The Labute approximate surface area is 103 Å². The Morgan fingerprint density at radius 3 is 2.88 bits per heavy atom. The normalized spacial score (nSPS) is 37.5. The molecule has 1 aliphatic carbocycles. The molecule has 3 unspecified atom stereocenters. The van der Waals surface area contributed by atoms with E-state index in [1.165, 1.54) is 24.8 Å². The molecular weight excluding hydrogens is 210 g/mol. The lowest BCUT2D eigenvalue weighted by Crippen LogP contribution is -2.60. The van der Waals surface area contributed by atoms with E-state index in [4.69, 9.17) is 4.74 Å². The molecule has 1 aromatic rings. The molecule has 17 heavy (non-hydrogen) atoms. The third-order valence-electron chi connectivity index (χ3n) is 4.29. The highest BCUT2D eigenvalue weighted by atomic mass is 16.5. The molecule has 0 spiro atoms. The summed E-state index contributed by atoms with van der Waals surface area (Å²) in [7, 11) is 0. The van der Waals surface area contributed by atoms with Crippen molar-refractivity contribution in [3.05, 3.63) is 35.9 Å². The van der Waals surface area contributed by atoms with Crippen LogP contribution in [0.2, 0.25) is 0 Å². The van der Waals surface area contributed by atoms with Gasteiger partial charge >= 0.3 is 0 Å². The zero-order valence-electron chi connectivity index (χ0n) is 10.5. The highest BCUT2D eigenvalue weighted by Crippen LogP contribution is 2.42. The quantitative estimate of drug-likeness (QED) is 0.802. The van der Waals surface area contributed by atoms with Gasteiger partial charge in [0.05, 0.1) is 18.2 Å². The molecule has 1 saturated heterocycles. The van der Waals surface area contributed by atoms with E-state index in [9.17, 15) is 0 Å². The molecule has 0 bridgehead atoms. The Bertz CT molecular complexity index is 378. The minimum Gasteiger partial charge on any atom is -0.375 e. The highest BCUT2D eigenvalue weighted by Gasteiger charge is 2.46.